The van der Waals surface area contributed by atoms with Crippen LogP contribution in [0.3, 0.4) is 0 Å². The van der Waals surface area contributed by atoms with Gasteiger partial charge in [0.2, 0.25) is 0 Å². The van der Waals surface area contributed by atoms with Gasteiger partial charge < -0.3 is 0 Å². The first-order chi connectivity index (χ1) is 11.9. The second-order valence-corrected chi connectivity index (χ2v) is 15.6. The monoisotopic (exact) mass is 566 g/mol. The number of hydrogen-bond acceptors (Lipinski definition) is 3. The maximum atomic E-state index is 12.7. The second-order valence-electron chi connectivity index (χ2n) is 6.50. The molecule has 0 aromatic heterocycles. The van der Waals surface area contributed by atoms with Gasteiger partial charge >= 0.3 is 166 Å². The van der Waals surface area contributed by atoms with Crippen LogP contribution in [0.4, 0.5) is 13.2 Å². The number of allylic oxidation sites excluding steroid dienone is 4. The Hall–Kier alpha value is -0.390. The molecule has 2 atom stereocenters. The predicted octanol–water partition coefficient (Wildman–Crippen LogP) is 6.11. The van der Waals surface area contributed by atoms with E-state index >= 15 is 0 Å². The van der Waals surface area contributed by atoms with Gasteiger partial charge in [-0.05, 0) is 0 Å². The fourth-order valence-electron chi connectivity index (χ4n) is 3.25. The van der Waals surface area contributed by atoms with Crippen LogP contribution in [0.25, 0.3) is 0 Å². The summed E-state index contributed by atoms with van der Waals surface area (Å²) < 4.78 is 65.3. The molecule has 0 amide bonds. The van der Waals surface area contributed by atoms with Crippen molar-refractivity contribution in [2.24, 2.45) is 5.41 Å². The molecule has 3 nitrogen and oxygen atoms in total. The van der Waals surface area contributed by atoms with E-state index in [1.54, 1.807) is 6.92 Å². The molecule has 0 bridgehead atoms. The van der Waals surface area contributed by atoms with Crippen LogP contribution in [0.2, 0.25) is 0 Å². The molecular weight excluding hydrogens is 548 g/mol. The second kappa shape index (κ2) is 7.92. The van der Waals surface area contributed by atoms with Gasteiger partial charge in [0.05, 0.1) is 0 Å². The molecule has 0 fully saturated rings. The first-order valence-electron chi connectivity index (χ1n) is 7.64. The molecule has 1 aliphatic carbocycles. The summed E-state index contributed by atoms with van der Waals surface area (Å²) in [6.07, 6.45) is 4.43. The fourth-order valence-corrected chi connectivity index (χ4v) is 15.7. The summed E-state index contributed by atoms with van der Waals surface area (Å²) in [4.78, 5) is 0. The van der Waals surface area contributed by atoms with Gasteiger partial charge in [0.1, 0.15) is 0 Å². The van der Waals surface area contributed by atoms with Crippen molar-refractivity contribution in [3.05, 3.63) is 59.2 Å². The molecule has 0 saturated carbocycles. The molecule has 1 aromatic rings. The van der Waals surface area contributed by atoms with Crippen molar-refractivity contribution >= 4 is 40.8 Å². The zero-order chi connectivity index (χ0) is 19.8. The van der Waals surface area contributed by atoms with E-state index in [9.17, 15) is 21.6 Å². The Balaban J connectivity index is 2.38. The third-order valence-corrected chi connectivity index (χ3v) is 15.0. The Labute approximate surface area is 165 Å². The van der Waals surface area contributed by atoms with Gasteiger partial charge in [-0.3, -0.25) is 0 Å². The van der Waals surface area contributed by atoms with Gasteiger partial charge in [-0.1, -0.05) is 0 Å². The third-order valence-electron chi connectivity index (χ3n) is 4.02. The summed E-state index contributed by atoms with van der Waals surface area (Å²) in [6, 6.07) is 9.56. The zero-order valence-electron chi connectivity index (χ0n) is 14.3. The summed E-state index contributed by atoms with van der Waals surface area (Å²) in [5.41, 5.74) is -3.14. The molecule has 0 spiro atoms. The van der Waals surface area contributed by atoms with E-state index in [2.05, 4.69) is 15.2 Å². The van der Waals surface area contributed by atoms with Gasteiger partial charge in [0.15, 0.2) is 0 Å². The van der Waals surface area contributed by atoms with Crippen molar-refractivity contribution in [2.45, 2.75) is 36.6 Å². The van der Waals surface area contributed by atoms with Gasteiger partial charge in [0.25, 0.3) is 0 Å². The first kappa shape index (κ1) is 21.9. The standard InChI is InChI=1S/C17H19BrF3IO3S/c1-12-9-13(2)15(22(18)25-26(23,24)17(19,20)21)16(3,10-12)11-14-7-5-4-6-8-14/h4-10,15H,11H2,1-3H3. The van der Waals surface area contributed by atoms with Crippen molar-refractivity contribution in [1.29, 1.82) is 0 Å². The molecule has 0 radical (unpaired) electrons. The van der Waals surface area contributed by atoms with E-state index in [1.165, 1.54) is 0 Å². The Bertz CT molecular complexity index is 821. The van der Waals surface area contributed by atoms with Gasteiger partial charge in [-0.25, -0.2) is 0 Å². The van der Waals surface area contributed by atoms with E-state index in [1.807, 2.05) is 56.3 Å². The molecule has 2 unspecified atom stereocenters. The summed E-state index contributed by atoms with van der Waals surface area (Å²) in [5.74, 6) is 0. The Morgan fingerprint density at radius 1 is 1.23 bits per heavy atom. The van der Waals surface area contributed by atoms with Crippen LogP contribution in [0.15, 0.2) is 53.6 Å². The minimum atomic E-state index is -5.63. The molecule has 1 aliphatic rings. The van der Waals surface area contributed by atoms with Crippen LogP contribution in [0.1, 0.15) is 26.3 Å². The SMILES string of the molecule is CC1=CC(C)(Cc2ccccc2)C(I(Br)OS(=O)(=O)C(F)(F)F)C(C)=C1. The molecule has 0 N–H and O–H groups in total. The summed E-state index contributed by atoms with van der Waals surface area (Å²) in [5, 5.41) is 0. The molecule has 0 saturated heterocycles. The van der Waals surface area contributed by atoms with Crippen LogP contribution in [0.5, 0.6) is 0 Å². The van der Waals surface area contributed by atoms with Crippen molar-refractivity contribution in [2.75, 3.05) is 0 Å². The number of rotatable bonds is 5. The van der Waals surface area contributed by atoms with Crippen LogP contribution in [-0.4, -0.2) is 17.9 Å². The molecular formula is C17H19BrF3IO3S. The normalized spacial score (nSPS) is 24.7. The summed E-state index contributed by atoms with van der Waals surface area (Å²) in [6.45, 7) is 5.66. The molecule has 1 aromatic carbocycles. The maximum absolute atomic E-state index is 12.7. The summed E-state index contributed by atoms with van der Waals surface area (Å²) >= 11 is 0.0264. The average molecular weight is 567 g/mol. The van der Waals surface area contributed by atoms with E-state index in [0.717, 1.165) is 16.7 Å². The Kier molecular flexibility index (Phi) is 6.68. The van der Waals surface area contributed by atoms with Gasteiger partial charge in [-0.15, -0.1) is 0 Å². The van der Waals surface area contributed by atoms with Crippen LogP contribution < -0.4 is 0 Å². The van der Waals surface area contributed by atoms with E-state index in [0.29, 0.717) is 6.42 Å². The molecule has 26 heavy (non-hydrogen) atoms. The van der Waals surface area contributed by atoms with Gasteiger partial charge in [-0.2, -0.15) is 0 Å². The van der Waals surface area contributed by atoms with Crippen molar-refractivity contribution in [1.82, 2.24) is 0 Å². The minimum absolute atomic E-state index is 0.437. The number of halogens is 5. The van der Waals surface area contributed by atoms with Crippen LogP contribution in [-0.2, 0) is 19.1 Å². The molecule has 146 valence electrons. The predicted molar refractivity (Wildman–Crippen MR) is 109 cm³/mol. The quantitative estimate of drug-likeness (QED) is 0.245. The Morgan fingerprint density at radius 3 is 2.35 bits per heavy atom. The molecule has 0 aliphatic heterocycles. The number of alkyl halides is 4. The number of benzene rings is 1. The van der Waals surface area contributed by atoms with Gasteiger partial charge in [0, 0.05) is 0 Å². The van der Waals surface area contributed by atoms with Crippen molar-refractivity contribution in [3.8, 4) is 0 Å². The molecule has 0 heterocycles. The van der Waals surface area contributed by atoms with Crippen LogP contribution in [0, 0.1) is 5.41 Å². The Morgan fingerprint density at radius 2 is 1.81 bits per heavy atom. The third kappa shape index (κ3) is 4.90. The summed E-state index contributed by atoms with van der Waals surface area (Å²) in [7, 11) is -5.63. The first-order valence-corrected chi connectivity index (χ1v) is 16.0. The fraction of sp³-hybridized carbons (Fsp3) is 0.412. The van der Waals surface area contributed by atoms with Crippen molar-refractivity contribution in [3.63, 3.8) is 0 Å². The van der Waals surface area contributed by atoms with E-state index < -0.39 is 43.0 Å². The van der Waals surface area contributed by atoms with E-state index in [-0.39, 0.29) is 0 Å². The zero-order valence-corrected chi connectivity index (χ0v) is 18.9. The van der Waals surface area contributed by atoms with Crippen LogP contribution >= 0.6 is 30.7 Å². The molecule has 9 heteroatoms. The molecule has 2 rings (SSSR count). The average Bonchev–Trinajstić information content (AvgIpc) is 2.44. The van der Waals surface area contributed by atoms with E-state index in [4.69, 9.17) is 0 Å². The topological polar surface area (TPSA) is 43.4 Å². The number of hydrogen-bond donors (Lipinski definition) is 0. The van der Waals surface area contributed by atoms with Crippen molar-refractivity contribution < 1.29 is 24.1 Å².